The predicted molar refractivity (Wildman–Crippen MR) is 75.3 cm³/mol. The topological polar surface area (TPSA) is 52.6 Å². The maximum atomic E-state index is 12.2. The summed E-state index contributed by atoms with van der Waals surface area (Å²) in [4.78, 5) is 13.9. The molecule has 1 fully saturated rings. The zero-order valence-corrected chi connectivity index (χ0v) is 11.4. The maximum Gasteiger partial charge on any atom is 0.253 e. The highest BCUT2D eigenvalue weighted by Crippen LogP contribution is 2.13. The number of benzene rings is 1. The van der Waals surface area contributed by atoms with Crippen LogP contribution in [0.3, 0.4) is 0 Å². The van der Waals surface area contributed by atoms with E-state index in [0.717, 1.165) is 19.5 Å². The smallest absolute Gasteiger partial charge is 0.253 e. The van der Waals surface area contributed by atoms with Gasteiger partial charge in [0.2, 0.25) is 0 Å². The molecule has 4 nitrogen and oxygen atoms in total. The minimum absolute atomic E-state index is 0.0100. The van der Waals surface area contributed by atoms with E-state index < -0.39 is 0 Å². The van der Waals surface area contributed by atoms with E-state index in [1.165, 1.54) is 19.3 Å². The molecule has 0 bridgehead atoms. The number of hydrogen-bond acceptors (Lipinski definition) is 3. The van der Waals surface area contributed by atoms with Gasteiger partial charge in [-0.15, -0.1) is 0 Å². The van der Waals surface area contributed by atoms with Gasteiger partial charge in [-0.3, -0.25) is 4.79 Å². The molecule has 0 spiro atoms. The molecule has 1 heterocycles. The van der Waals surface area contributed by atoms with Gasteiger partial charge < -0.3 is 15.3 Å². The number of phenolic OH excluding ortho intramolecular Hbond substituents is 1. The lowest BCUT2D eigenvalue weighted by Gasteiger charge is -2.26. The van der Waals surface area contributed by atoms with E-state index in [1.54, 1.807) is 29.2 Å². The number of nitrogens with one attached hydrogen (secondary N) is 1. The Morgan fingerprint density at radius 2 is 2.11 bits per heavy atom. The number of piperidine rings is 1. The van der Waals surface area contributed by atoms with Crippen molar-refractivity contribution in [2.75, 3.05) is 20.1 Å². The lowest BCUT2D eigenvalue weighted by Crippen LogP contribution is -2.38. The molecule has 1 unspecified atom stereocenters. The van der Waals surface area contributed by atoms with Gasteiger partial charge in [0.1, 0.15) is 5.75 Å². The molecule has 0 aliphatic carbocycles. The summed E-state index contributed by atoms with van der Waals surface area (Å²) in [6, 6.07) is 6.96. The van der Waals surface area contributed by atoms with E-state index >= 15 is 0 Å². The summed E-state index contributed by atoms with van der Waals surface area (Å²) in [5, 5.41) is 12.7. The van der Waals surface area contributed by atoms with Gasteiger partial charge in [0.05, 0.1) is 0 Å². The summed E-state index contributed by atoms with van der Waals surface area (Å²) < 4.78 is 0. The number of carbonyl (C=O) groups excluding carboxylic acids is 1. The SMILES string of the molecule is CN(CCC1CCCCN1)C(=O)c1ccc(O)cc1. The zero-order valence-electron chi connectivity index (χ0n) is 11.4. The van der Waals surface area contributed by atoms with Crippen LogP contribution in [0.2, 0.25) is 0 Å². The Morgan fingerprint density at radius 1 is 1.37 bits per heavy atom. The van der Waals surface area contributed by atoms with Crippen LogP contribution in [0.25, 0.3) is 0 Å². The van der Waals surface area contributed by atoms with Gasteiger partial charge in [0.25, 0.3) is 5.91 Å². The second-order valence-electron chi connectivity index (χ2n) is 5.21. The average Bonchev–Trinajstić information content (AvgIpc) is 2.46. The van der Waals surface area contributed by atoms with Crippen molar-refractivity contribution in [3.8, 4) is 5.75 Å². The van der Waals surface area contributed by atoms with E-state index in [4.69, 9.17) is 0 Å². The number of amides is 1. The first-order chi connectivity index (χ1) is 9.16. The highest BCUT2D eigenvalue weighted by molar-refractivity contribution is 5.94. The van der Waals surface area contributed by atoms with Crippen molar-refractivity contribution in [2.45, 2.75) is 31.7 Å². The second-order valence-corrected chi connectivity index (χ2v) is 5.21. The molecule has 1 aromatic carbocycles. The first-order valence-electron chi connectivity index (χ1n) is 6.94. The lowest BCUT2D eigenvalue weighted by molar-refractivity contribution is 0.0788. The Balaban J connectivity index is 1.83. The molecule has 1 aliphatic heterocycles. The monoisotopic (exact) mass is 262 g/mol. The van der Waals surface area contributed by atoms with Crippen LogP contribution in [0, 0.1) is 0 Å². The standard InChI is InChI=1S/C15H22N2O2/c1-17(11-9-13-4-2-3-10-16-13)15(19)12-5-7-14(18)8-6-12/h5-8,13,16,18H,2-4,9-11H2,1H3. The van der Waals surface area contributed by atoms with Crippen LogP contribution >= 0.6 is 0 Å². The molecule has 1 atom stereocenters. The molecule has 1 saturated heterocycles. The summed E-state index contributed by atoms with van der Waals surface area (Å²) in [5.74, 6) is 0.196. The van der Waals surface area contributed by atoms with Crippen LogP contribution in [0.15, 0.2) is 24.3 Å². The van der Waals surface area contributed by atoms with Crippen molar-refractivity contribution in [2.24, 2.45) is 0 Å². The second kappa shape index (κ2) is 6.57. The third-order valence-electron chi connectivity index (χ3n) is 3.69. The minimum atomic E-state index is 0.0100. The van der Waals surface area contributed by atoms with E-state index in [1.807, 2.05) is 7.05 Å². The normalized spacial score (nSPS) is 19.1. The molecular weight excluding hydrogens is 240 g/mol. The predicted octanol–water partition coefficient (Wildman–Crippen LogP) is 2.00. The van der Waals surface area contributed by atoms with Gasteiger partial charge in [0, 0.05) is 25.2 Å². The van der Waals surface area contributed by atoms with Gasteiger partial charge in [-0.25, -0.2) is 0 Å². The Kier molecular flexibility index (Phi) is 4.80. The third-order valence-corrected chi connectivity index (χ3v) is 3.69. The van der Waals surface area contributed by atoms with Gasteiger partial charge >= 0.3 is 0 Å². The summed E-state index contributed by atoms with van der Waals surface area (Å²) in [6.07, 6.45) is 4.76. The van der Waals surface area contributed by atoms with Crippen molar-refractivity contribution >= 4 is 5.91 Å². The molecular formula is C15H22N2O2. The molecule has 0 saturated carbocycles. The largest absolute Gasteiger partial charge is 0.508 e. The summed E-state index contributed by atoms with van der Waals surface area (Å²) in [5.41, 5.74) is 0.622. The number of phenols is 1. The van der Waals surface area contributed by atoms with Crippen LogP contribution in [-0.4, -0.2) is 42.1 Å². The zero-order chi connectivity index (χ0) is 13.7. The Bertz CT molecular complexity index is 411. The van der Waals surface area contributed by atoms with Crippen LogP contribution in [0.1, 0.15) is 36.0 Å². The van der Waals surface area contributed by atoms with E-state index in [2.05, 4.69) is 5.32 Å². The highest BCUT2D eigenvalue weighted by Gasteiger charge is 2.16. The quantitative estimate of drug-likeness (QED) is 0.872. The Labute approximate surface area is 114 Å². The first kappa shape index (κ1) is 13.9. The van der Waals surface area contributed by atoms with Crippen molar-refractivity contribution < 1.29 is 9.90 Å². The molecule has 1 amide bonds. The van der Waals surface area contributed by atoms with Crippen molar-refractivity contribution in [1.82, 2.24) is 10.2 Å². The number of aromatic hydroxyl groups is 1. The summed E-state index contributed by atoms with van der Waals surface area (Å²) in [7, 11) is 1.83. The van der Waals surface area contributed by atoms with Crippen molar-refractivity contribution in [1.29, 1.82) is 0 Å². The fourth-order valence-corrected chi connectivity index (χ4v) is 2.45. The summed E-state index contributed by atoms with van der Waals surface area (Å²) in [6.45, 7) is 1.86. The van der Waals surface area contributed by atoms with Crippen molar-refractivity contribution in [3.05, 3.63) is 29.8 Å². The first-order valence-corrected chi connectivity index (χ1v) is 6.94. The molecule has 0 radical (unpaired) electrons. The molecule has 2 N–H and O–H groups in total. The maximum absolute atomic E-state index is 12.2. The Hall–Kier alpha value is -1.55. The van der Waals surface area contributed by atoms with Crippen LogP contribution in [0.5, 0.6) is 5.75 Å². The minimum Gasteiger partial charge on any atom is -0.508 e. The number of rotatable bonds is 4. The summed E-state index contributed by atoms with van der Waals surface area (Å²) >= 11 is 0. The fourth-order valence-electron chi connectivity index (χ4n) is 2.45. The molecule has 4 heteroatoms. The fraction of sp³-hybridized carbons (Fsp3) is 0.533. The third kappa shape index (κ3) is 3.96. The van der Waals surface area contributed by atoms with E-state index in [-0.39, 0.29) is 11.7 Å². The lowest BCUT2D eigenvalue weighted by atomic mass is 10.0. The highest BCUT2D eigenvalue weighted by atomic mass is 16.3. The van der Waals surface area contributed by atoms with E-state index in [0.29, 0.717) is 11.6 Å². The van der Waals surface area contributed by atoms with Gasteiger partial charge in [-0.05, 0) is 50.1 Å². The molecule has 19 heavy (non-hydrogen) atoms. The number of hydrogen-bond donors (Lipinski definition) is 2. The average molecular weight is 262 g/mol. The van der Waals surface area contributed by atoms with Crippen LogP contribution in [-0.2, 0) is 0 Å². The van der Waals surface area contributed by atoms with Crippen LogP contribution < -0.4 is 5.32 Å². The molecule has 1 aromatic rings. The number of nitrogens with zero attached hydrogens (tertiary/aromatic N) is 1. The van der Waals surface area contributed by atoms with Gasteiger partial charge in [-0.1, -0.05) is 6.42 Å². The molecule has 2 rings (SSSR count). The van der Waals surface area contributed by atoms with E-state index in [9.17, 15) is 9.90 Å². The molecule has 0 aromatic heterocycles. The van der Waals surface area contributed by atoms with Crippen LogP contribution in [0.4, 0.5) is 0 Å². The number of carbonyl (C=O) groups is 1. The van der Waals surface area contributed by atoms with Gasteiger partial charge in [0.15, 0.2) is 0 Å². The molecule has 1 aliphatic rings. The van der Waals surface area contributed by atoms with Crippen molar-refractivity contribution in [3.63, 3.8) is 0 Å². The Morgan fingerprint density at radius 3 is 2.74 bits per heavy atom. The molecule has 104 valence electrons. The van der Waals surface area contributed by atoms with Gasteiger partial charge in [-0.2, -0.15) is 0 Å².